The van der Waals surface area contributed by atoms with Crippen LogP contribution >= 0.6 is 24.2 Å². The van der Waals surface area contributed by atoms with Gasteiger partial charge in [-0.25, -0.2) is 0 Å². The fourth-order valence-corrected chi connectivity index (χ4v) is 4.64. The van der Waals surface area contributed by atoms with Crippen molar-refractivity contribution in [3.63, 3.8) is 0 Å². The van der Waals surface area contributed by atoms with Gasteiger partial charge in [0, 0.05) is 20.6 Å². The largest absolute Gasteiger partial charge is 1.00 e. The van der Waals surface area contributed by atoms with Gasteiger partial charge in [0.2, 0.25) is 0 Å². The van der Waals surface area contributed by atoms with Gasteiger partial charge in [-0.1, -0.05) is 96.8 Å². The summed E-state index contributed by atoms with van der Waals surface area (Å²) < 4.78 is 0. The molecule has 0 saturated carbocycles. The Morgan fingerprint density at radius 1 is 0.500 bits per heavy atom. The summed E-state index contributed by atoms with van der Waals surface area (Å²) in [5, 5.41) is 0. The van der Waals surface area contributed by atoms with Crippen LogP contribution in [0.2, 0.25) is 0 Å². The second kappa shape index (κ2) is 26.4. The van der Waals surface area contributed by atoms with E-state index in [9.17, 15) is 0 Å². The molecule has 26 heavy (non-hydrogen) atoms. The van der Waals surface area contributed by atoms with Crippen molar-refractivity contribution >= 4 is 24.2 Å². The average molecular weight is 521 g/mol. The van der Waals surface area contributed by atoms with Gasteiger partial charge >= 0.3 is 0 Å². The van der Waals surface area contributed by atoms with Crippen molar-refractivity contribution in [2.24, 2.45) is 0 Å². The minimum atomic E-state index is -0.512. The van der Waals surface area contributed by atoms with Gasteiger partial charge < -0.3 is 23.1 Å². The lowest BCUT2D eigenvalue weighted by Gasteiger charge is -2.15. The first-order valence-corrected chi connectivity index (χ1v) is 14.0. The smallest absolute Gasteiger partial charge is 0.0588 e. The molecule has 4 heteroatoms. The fourth-order valence-electron chi connectivity index (χ4n) is 3.25. The topological polar surface area (TPSA) is 35.0 Å². The second-order valence-electron chi connectivity index (χ2n) is 8.28. The molecule has 0 radical (unpaired) electrons. The van der Waals surface area contributed by atoms with E-state index >= 15 is 0 Å². The highest BCUT2D eigenvalue weighted by atomic mass is 79.9. The van der Waals surface area contributed by atoms with Gasteiger partial charge in [-0.3, -0.25) is 0 Å². The molecule has 0 aliphatic heterocycles. The Kier molecular flexibility index (Phi) is 35.3. The molecular weight excluding hydrogens is 469 g/mol. The fraction of sp³-hybridized carbons (Fsp3) is 1.00. The van der Waals surface area contributed by atoms with Crippen LogP contribution in [0.3, 0.4) is 0 Å². The van der Waals surface area contributed by atoms with Crippen LogP contribution in [-0.4, -0.2) is 25.7 Å². The molecule has 0 aliphatic carbocycles. The lowest BCUT2D eigenvalue weighted by atomic mass is 10.0. The van der Waals surface area contributed by atoms with Crippen molar-refractivity contribution in [2.75, 3.05) is 25.7 Å². The van der Waals surface area contributed by atoms with E-state index in [0.29, 0.717) is 0 Å². The predicted octanol–water partition coefficient (Wildman–Crippen LogP) is 6.29. The number of halogens is 2. The Balaban J connectivity index is -0.000000807. The molecule has 0 unspecified atom stereocenters. The first-order valence-electron chi connectivity index (χ1n) is 10.9. The lowest BCUT2D eigenvalue weighted by Crippen LogP contribution is -3.00. The minimum absolute atomic E-state index is 0. The molecule has 0 fully saturated rings. The molecule has 1 nitrogen and oxygen atoms in total. The predicted molar refractivity (Wildman–Crippen MR) is 129 cm³/mol. The van der Waals surface area contributed by atoms with Gasteiger partial charge in [0.1, 0.15) is 0 Å². The maximum Gasteiger partial charge on any atom is 0.0588 e. The number of hydrogen-bond acceptors (Lipinski definition) is 1. The molecule has 0 rings (SSSR count). The normalized spacial score (nSPS) is 10.6. The number of rotatable bonds is 18. The Morgan fingerprint density at radius 3 is 1.04 bits per heavy atom. The maximum absolute atomic E-state index is 2.53. The van der Waals surface area contributed by atoms with Crippen LogP contribution in [0.5, 0.6) is 0 Å². The Morgan fingerprint density at radius 2 is 0.769 bits per heavy atom. The van der Waals surface area contributed by atoms with E-state index in [1.165, 1.54) is 115 Å². The Hall–Kier alpha value is 1.35. The zero-order valence-electron chi connectivity index (χ0n) is 18.7. The van der Waals surface area contributed by atoms with E-state index in [1.807, 2.05) is 0 Å². The van der Waals surface area contributed by atoms with Gasteiger partial charge in [-0.05, 0) is 19.8 Å². The Bertz CT molecular complexity index is 238. The van der Waals surface area contributed by atoms with Gasteiger partial charge in [-0.2, -0.15) is 0 Å². The van der Waals surface area contributed by atoms with Gasteiger partial charge in [0.15, 0.2) is 0 Å². The third-order valence-electron chi connectivity index (χ3n) is 5.47. The molecular formula is C22H52Br2NP. The quantitative estimate of drug-likeness (QED) is 0.167. The molecule has 0 spiro atoms. The maximum atomic E-state index is 2.53. The van der Waals surface area contributed by atoms with Gasteiger partial charge in [0.05, 0.1) is 12.3 Å². The Labute approximate surface area is 189 Å². The van der Waals surface area contributed by atoms with E-state index in [-0.39, 0.29) is 40.1 Å². The van der Waals surface area contributed by atoms with Gasteiger partial charge in [0.25, 0.3) is 0 Å². The second-order valence-corrected chi connectivity index (χ2v) is 13.2. The van der Waals surface area contributed by atoms with Crippen molar-refractivity contribution in [2.45, 2.75) is 117 Å². The van der Waals surface area contributed by atoms with E-state index in [4.69, 9.17) is 0 Å². The monoisotopic (exact) mass is 519 g/mol. The molecule has 3 N–H and O–H groups in total. The highest BCUT2D eigenvalue weighted by molar-refractivity contribution is 8.93. The molecule has 0 heterocycles. The highest BCUT2D eigenvalue weighted by Crippen LogP contribution is 2.51. The third kappa shape index (κ3) is 27.6. The summed E-state index contributed by atoms with van der Waals surface area (Å²) in [5.41, 5.74) is 0. The van der Waals surface area contributed by atoms with Crippen molar-refractivity contribution in [3.05, 3.63) is 0 Å². The summed E-state index contributed by atoms with van der Waals surface area (Å²) >= 11 is 0. The van der Waals surface area contributed by atoms with Crippen LogP contribution in [0.1, 0.15) is 117 Å². The van der Waals surface area contributed by atoms with Crippen molar-refractivity contribution in [1.82, 2.24) is 6.15 Å². The minimum Gasteiger partial charge on any atom is -1.00 e. The molecule has 0 amide bonds. The molecule has 0 saturated heterocycles. The molecule has 0 aromatic heterocycles. The first kappa shape index (κ1) is 34.8. The summed E-state index contributed by atoms with van der Waals surface area (Å²) in [6.45, 7) is 9.73. The van der Waals surface area contributed by atoms with E-state index < -0.39 is 7.26 Å². The summed E-state index contributed by atoms with van der Waals surface area (Å²) in [7, 11) is -0.512. The van der Waals surface area contributed by atoms with Crippen LogP contribution in [0.25, 0.3) is 0 Å². The zero-order valence-corrected chi connectivity index (χ0v) is 22.9. The standard InChI is InChI=1S/C22H48P.2BrH.H3N/c1-5-7-8-9-10-11-12-13-14-15-16-17-18-19-20-21-22-23(3,4)6-2;;;/h5-22H2,1-4H3;2*1H;1H3/q+1;;;/p-1. The molecule has 0 aromatic rings. The summed E-state index contributed by atoms with van der Waals surface area (Å²) in [5.74, 6) is 0. The van der Waals surface area contributed by atoms with Crippen molar-refractivity contribution < 1.29 is 17.0 Å². The SMILES string of the molecule is Br.CCCCCCCCCCCCCCCCCC[P+](C)(C)CC.N.[Br-]. The highest BCUT2D eigenvalue weighted by Gasteiger charge is 2.20. The number of unbranched alkanes of at least 4 members (excludes halogenated alkanes) is 15. The molecule has 0 bridgehead atoms. The lowest BCUT2D eigenvalue weighted by molar-refractivity contribution is -0.00000596. The van der Waals surface area contributed by atoms with E-state index in [0.717, 1.165) is 0 Å². The van der Waals surface area contributed by atoms with E-state index in [1.54, 1.807) is 0 Å². The summed E-state index contributed by atoms with van der Waals surface area (Å²) in [6.07, 6.45) is 26.6. The summed E-state index contributed by atoms with van der Waals surface area (Å²) in [6, 6.07) is 0. The summed E-state index contributed by atoms with van der Waals surface area (Å²) in [4.78, 5) is 0. The van der Waals surface area contributed by atoms with E-state index in [2.05, 4.69) is 27.2 Å². The molecule has 0 aliphatic rings. The first-order chi connectivity index (χ1) is 11.1. The van der Waals surface area contributed by atoms with Crippen LogP contribution < -0.4 is 23.1 Å². The average Bonchev–Trinajstić information content (AvgIpc) is 2.54. The molecule has 164 valence electrons. The van der Waals surface area contributed by atoms with Crippen LogP contribution in [-0.2, 0) is 0 Å². The molecule has 0 aromatic carbocycles. The van der Waals surface area contributed by atoms with Crippen molar-refractivity contribution in [1.29, 1.82) is 0 Å². The van der Waals surface area contributed by atoms with Crippen LogP contribution in [0.4, 0.5) is 0 Å². The third-order valence-corrected chi connectivity index (χ3v) is 8.71. The number of hydrogen-bond donors (Lipinski definition) is 1. The van der Waals surface area contributed by atoms with Crippen LogP contribution in [0.15, 0.2) is 0 Å². The van der Waals surface area contributed by atoms with Crippen molar-refractivity contribution in [3.8, 4) is 0 Å². The molecule has 0 atom stereocenters. The van der Waals surface area contributed by atoms with Crippen LogP contribution in [0, 0.1) is 0 Å². The van der Waals surface area contributed by atoms with Gasteiger partial charge in [-0.15, -0.1) is 17.0 Å². The zero-order chi connectivity index (χ0) is 17.2.